The smallest absolute Gasteiger partial charge is 0.0952 e. The van der Waals surface area contributed by atoms with Gasteiger partial charge in [-0.1, -0.05) is 18.6 Å². The average Bonchev–Trinajstić information content (AvgIpc) is 2.44. The summed E-state index contributed by atoms with van der Waals surface area (Å²) < 4.78 is 0. The molecule has 0 spiro atoms. The predicted molar refractivity (Wildman–Crippen MR) is 84.4 cm³/mol. The van der Waals surface area contributed by atoms with Crippen LogP contribution < -0.4 is 11.2 Å². The second-order valence-corrected chi connectivity index (χ2v) is 5.75. The highest BCUT2D eigenvalue weighted by Gasteiger charge is 2.25. The molecular weight excluding hydrogens is 248 g/mol. The number of fused-ring (bicyclic) bond motifs is 1. The van der Waals surface area contributed by atoms with Gasteiger partial charge in [-0.15, -0.1) is 0 Å². The first kappa shape index (κ1) is 13.2. The van der Waals surface area contributed by atoms with Crippen LogP contribution in [0.1, 0.15) is 33.1 Å². The quantitative estimate of drug-likeness (QED) is 0.821. The molecule has 106 valence electrons. The van der Waals surface area contributed by atoms with E-state index in [-0.39, 0.29) is 0 Å². The summed E-state index contributed by atoms with van der Waals surface area (Å²) >= 11 is 0. The largest absolute Gasteiger partial charge is 0.397 e. The van der Waals surface area contributed by atoms with E-state index in [1.807, 2.05) is 24.4 Å². The van der Waals surface area contributed by atoms with Gasteiger partial charge >= 0.3 is 0 Å². The molecule has 0 bridgehead atoms. The number of piperidine rings is 1. The van der Waals surface area contributed by atoms with E-state index in [1.54, 1.807) is 0 Å². The van der Waals surface area contributed by atoms with E-state index >= 15 is 0 Å². The fourth-order valence-corrected chi connectivity index (χ4v) is 3.08. The number of nitrogen functional groups attached to an aromatic ring is 1. The van der Waals surface area contributed by atoms with Gasteiger partial charge in [0, 0.05) is 23.7 Å². The van der Waals surface area contributed by atoms with Gasteiger partial charge in [-0.2, -0.15) is 0 Å². The normalized spacial score (nSPS) is 23.9. The number of anilines is 2. The first-order chi connectivity index (χ1) is 9.66. The summed E-state index contributed by atoms with van der Waals surface area (Å²) in [5.41, 5.74) is 12.3. The molecule has 1 aromatic heterocycles. The van der Waals surface area contributed by atoms with Crippen LogP contribution in [-0.2, 0) is 0 Å². The molecule has 20 heavy (non-hydrogen) atoms. The van der Waals surface area contributed by atoms with Crippen molar-refractivity contribution in [1.82, 2.24) is 9.99 Å². The number of nitrogens with zero attached hydrogens (tertiary/aromatic N) is 2. The number of hydrogen-bond donors (Lipinski definition) is 2. The van der Waals surface area contributed by atoms with Crippen LogP contribution >= 0.6 is 0 Å². The number of para-hydroxylation sites is 1. The Balaban J connectivity index is 1.96. The van der Waals surface area contributed by atoms with Crippen molar-refractivity contribution in [1.29, 1.82) is 0 Å². The van der Waals surface area contributed by atoms with Gasteiger partial charge in [0.05, 0.1) is 16.9 Å². The summed E-state index contributed by atoms with van der Waals surface area (Å²) in [6, 6.07) is 9.06. The lowest BCUT2D eigenvalue weighted by molar-refractivity contribution is 0.136. The Hall–Kier alpha value is -1.81. The van der Waals surface area contributed by atoms with E-state index in [9.17, 15) is 0 Å². The molecule has 1 aliphatic rings. The zero-order valence-electron chi connectivity index (χ0n) is 12.1. The highest BCUT2D eigenvalue weighted by atomic mass is 15.5. The third-order valence-corrected chi connectivity index (χ3v) is 4.25. The molecular formula is C16H22N4. The Bertz CT molecular complexity index is 600. The molecule has 0 amide bonds. The molecule has 1 saturated heterocycles. The number of nitrogens with one attached hydrogen (secondary N) is 1. The van der Waals surface area contributed by atoms with Gasteiger partial charge in [-0.25, -0.2) is 5.01 Å². The van der Waals surface area contributed by atoms with Crippen molar-refractivity contribution >= 4 is 22.3 Å². The van der Waals surface area contributed by atoms with Crippen molar-refractivity contribution in [2.24, 2.45) is 0 Å². The van der Waals surface area contributed by atoms with Crippen LogP contribution in [0.3, 0.4) is 0 Å². The Morgan fingerprint density at radius 3 is 2.70 bits per heavy atom. The van der Waals surface area contributed by atoms with Gasteiger partial charge in [0.25, 0.3) is 0 Å². The van der Waals surface area contributed by atoms with E-state index in [2.05, 4.69) is 35.3 Å². The lowest BCUT2D eigenvalue weighted by Crippen LogP contribution is -2.47. The second-order valence-electron chi connectivity index (χ2n) is 5.75. The number of nitrogens with two attached hydrogens (primary N) is 1. The first-order valence-corrected chi connectivity index (χ1v) is 7.35. The second kappa shape index (κ2) is 5.29. The van der Waals surface area contributed by atoms with Crippen LogP contribution in [0.4, 0.5) is 11.4 Å². The molecule has 3 rings (SSSR count). The number of rotatable bonds is 2. The summed E-state index contributed by atoms with van der Waals surface area (Å²) in [5.74, 6) is 0. The summed E-state index contributed by atoms with van der Waals surface area (Å²) in [6.45, 7) is 4.56. The minimum atomic E-state index is 0.544. The molecule has 2 atom stereocenters. The van der Waals surface area contributed by atoms with Gasteiger partial charge in [0.15, 0.2) is 0 Å². The molecule has 0 saturated carbocycles. The summed E-state index contributed by atoms with van der Waals surface area (Å²) in [5, 5.41) is 3.44. The Kier molecular flexibility index (Phi) is 3.49. The molecule has 0 radical (unpaired) electrons. The van der Waals surface area contributed by atoms with Crippen LogP contribution in [0, 0.1) is 0 Å². The molecule has 1 fully saturated rings. The SMILES string of the molecule is CC1CCCC(C)N1Nc1ccnc2c(N)cccc12. The highest BCUT2D eigenvalue weighted by molar-refractivity contribution is 5.97. The Labute approximate surface area is 120 Å². The van der Waals surface area contributed by atoms with Gasteiger partial charge in [0.1, 0.15) is 0 Å². The summed E-state index contributed by atoms with van der Waals surface area (Å²) in [6.07, 6.45) is 5.61. The molecule has 0 aliphatic carbocycles. The van der Waals surface area contributed by atoms with Crippen LogP contribution in [0.15, 0.2) is 30.5 Å². The van der Waals surface area contributed by atoms with E-state index in [0.29, 0.717) is 12.1 Å². The molecule has 2 heterocycles. The van der Waals surface area contributed by atoms with Crippen LogP contribution in [0.25, 0.3) is 10.9 Å². The molecule has 3 N–H and O–H groups in total. The van der Waals surface area contributed by atoms with Crippen molar-refractivity contribution in [3.63, 3.8) is 0 Å². The van der Waals surface area contributed by atoms with Crippen molar-refractivity contribution < 1.29 is 0 Å². The van der Waals surface area contributed by atoms with Crippen LogP contribution in [-0.4, -0.2) is 22.1 Å². The van der Waals surface area contributed by atoms with Gasteiger partial charge < -0.3 is 11.2 Å². The van der Waals surface area contributed by atoms with Crippen molar-refractivity contribution in [3.05, 3.63) is 30.5 Å². The maximum Gasteiger partial charge on any atom is 0.0952 e. The fourth-order valence-electron chi connectivity index (χ4n) is 3.08. The topological polar surface area (TPSA) is 54.2 Å². The van der Waals surface area contributed by atoms with Crippen LogP contribution in [0.5, 0.6) is 0 Å². The standard InChI is InChI=1S/C16H22N4/c1-11-5-3-6-12(2)20(11)19-15-9-10-18-16-13(15)7-4-8-14(16)17/h4,7-12H,3,5-6,17H2,1-2H3,(H,18,19). The number of hydrazine groups is 1. The van der Waals surface area contributed by atoms with Crippen molar-refractivity contribution in [2.45, 2.75) is 45.2 Å². The third-order valence-electron chi connectivity index (χ3n) is 4.25. The minimum Gasteiger partial charge on any atom is -0.397 e. The lowest BCUT2D eigenvalue weighted by atomic mass is 10.00. The van der Waals surface area contributed by atoms with E-state index in [1.165, 1.54) is 19.3 Å². The lowest BCUT2D eigenvalue weighted by Gasteiger charge is -2.39. The van der Waals surface area contributed by atoms with Crippen LogP contribution in [0.2, 0.25) is 0 Å². The Morgan fingerprint density at radius 2 is 1.95 bits per heavy atom. The maximum absolute atomic E-state index is 6.01. The first-order valence-electron chi connectivity index (χ1n) is 7.35. The molecule has 2 aromatic rings. The number of hydrogen-bond acceptors (Lipinski definition) is 4. The molecule has 2 unspecified atom stereocenters. The van der Waals surface area contributed by atoms with Gasteiger partial charge in [-0.05, 0) is 38.8 Å². The number of pyridine rings is 1. The molecule has 1 aromatic carbocycles. The number of aromatic nitrogens is 1. The zero-order chi connectivity index (χ0) is 14.1. The molecule has 4 nitrogen and oxygen atoms in total. The Morgan fingerprint density at radius 1 is 1.20 bits per heavy atom. The monoisotopic (exact) mass is 270 g/mol. The van der Waals surface area contributed by atoms with Crippen molar-refractivity contribution in [2.75, 3.05) is 11.2 Å². The van der Waals surface area contributed by atoms with Crippen molar-refractivity contribution in [3.8, 4) is 0 Å². The molecule has 4 heteroatoms. The van der Waals surface area contributed by atoms with Gasteiger partial charge in [0.2, 0.25) is 0 Å². The summed E-state index contributed by atoms with van der Waals surface area (Å²) in [7, 11) is 0. The zero-order valence-corrected chi connectivity index (χ0v) is 12.1. The van der Waals surface area contributed by atoms with E-state index < -0.39 is 0 Å². The van der Waals surface area contributed by atoms with E-state index in [4.69, 9.17) is 5.73 Å². The average molecular weight is 270 g/mol. The van der Waals surface area contributed by atoms with Gasteiger partial charge in [-0.3, -0.25) is 4.98 Å². The third kappa shape index (κ3) is 2.31. The molecule has 1 aliphatic heterocycles. The number of benzene rings is 1. The summed E-state index contributed by atoms with van der Waals surface area (Å²) in [4.78, 5) is 4.39. The van der Waals surface area contributed by atoms with E-state index in [0.717, 1.165) is 22.3 Å². The minimum absolute atomic E-state index is 0.544. The highest BCUT2D eigenvalue weighted by Crippen LogP contribution is 2.29. The maximum atomic E-state index is 6.01. The predicted octanol–water partition coefficient (Wildman–Crippen LogP) is 3.41. The fraction of sp³-hybridized carbons (Fsp3) is 0.438.